The molecule has 1 saturated heterocycles. The summed E-state index contributed by atoms with van der Waals surface area (Å²) in [6.45, 7) is 2.79. The number of β-amino-alcohol motifs (C(OH)–C–C–N with tert-alkyl or cyclic N) is 1. The van der Waals surface area contributed by atoms with Crippen LogP contribution in [0.2, 0.25) is 0 Å². The van der Waals surface area contributed by atoms with E-state index < -0.39 is 5.60 Å². The molecule has 1 amide bonds. The van der Waals surface area contributed by atoms with E-state index in [4.69, 9.17) is 4.74 Å². The number of carbonyl (C=O) groups is 1. The van der Waals surface area contributed by atoms with Gasteiger partial charge in [0, 0.05) is 12.2 Å². The highest BCUT2D eigenvalue weighted by Gasteiger charge is 2.40. The third-order valence-corrected chi connectivity index (χ3v) is 4.53. The molecule has 1 aliphatic heterocycles. The summed E-state index contributed by atoms with van der Waals surface area (Å²) in [6, 6.07) is 19.3. The summed E-state index contributed by atoms with van der Waals surface area (Å²) in [4.78, 5) is 13.9. The van der Waals surface area contributed by atoms with Crippen molar-refractivity contribution in [2.75, 3.05) is 18.4 Å². The first-order chi connectivity index (χ1) is 12.0. The van der Waals surface area contributed by atoms with Gasteiger partial charge in [-0.25, -0.2) is 4.79 Å². The molecule has 0 spiro atoms. The molecule has 5 heteroatoms. The number of amides is 1. The third-order valence-electron chi connectivity index (χ3n) is 4.53. The molecule has 1 aliphatic rings. The molecule has 2 aromatic carbocycles. The van der Waals surface area contributed by atoms with Crippen LogP contribution >= 0.6 is 0 Å². The number of likely N-dealkylation sites (tertiary alicyclic amines) is 1. The molecule has 0 radical (unpaired) electrons. The zero-order valence-corrected chi connectivity index (χ0v) is 14.4. The van der Waals surface area contributed by atoms with Gasteiger partial charge in [-0.3, -0.25) is 0 Å². The van der Waals surface area contributed by atoms with Crippen LogP contribution in [0.25, 0.3) is 0 Å². The van der Waals surface area contributed by atoms with Gasteiger partial charge in [-0.15, -0.1) is 0 Å². The Morgan fingerprint density at radius 1 is 1.20 bits per heavy atom. The number of para-hydroxylation sites is 1. The highest BCUT2D eigenvalue weighted by atomic mass is 16.6. The Bertz CT molecular complexity index is 689. The van der Waals surface area contributed by atoms with Crippen molar-refractivity contribution in [3.8, 4) is 0 Å². The van der Waals surface area contributed by atoms with Crippen LogP contribution in [0.1, 0.15) is 18.9 Å². The number of hydrogen-bond acceptors (Lipinski definition) is 4. The molecule has 0 bridgehead atoms. The minimum Gasteiger partial charge on any atom is -0.445 e. The van der Waals surface area contributed by atoms with Gasteiger partial charge >= 0.3 is 6.09 Å². The van der Waals surface area contributed by atoms with Crippen molar-refractivity contribution in [3.63, 3.8) is 0 Å². The minimum absolute atomic E-state index is 0.118. The van der Waals surface area contributed by atoms with Crippen molar-refractivity contribution in [3.05, 3.63) is 66.2 Å². The molecule has 2 atom stereocenters. The monoisotopic (exact) mass is 340 g/mol. The van der Waals surface area contributed by atoms with Crippen molar-refractivity contribution in [1.82, 2.24) is 4.90 Å². The molecule has 0 saturated carbocycles. The molecule has 3 rings (SSSR count). The first kappa shape index (κ1) is 17.3. The molecular formula is C20H24N2O3. The van der Waals surface area contributed by atoms with Gasteiger partial charge in [0.15, 0.2) is 0 Å². The van der Waals surface area contributed by atoms with Gasteiger partial charge in [-0.2, -0.15) is 0 Å². The Morgan fingerprint density at radius 2 is 1.84 bits per heavy atom. The van der Waals surface area contributed by atoms with E-state index in [1.54, 1.807) is 11.8 Å². The maximum absolute atomic E-state index is 12.3. The largest absolute Gasteiger partial charge is 0.445 e. The second kappa shape index (κ2) is 7.57. The van der Waals surface area contributed by atoms with Gasteiger partial charge in [0.1, 0.15) is 6.61 Å². The first-order valence-corrected chi connectivity index (χ1v) is 8.54. The Morgan fingerprint density at radius 3 is 2.48 bits per heavy atom. The Balaban J connectivity index is 1.55. The maximum atomic E-state index is 12.3. The van der Waals surface area contributed by atoms with Crippen LogP contribution in [0.4, 0.5) is 10.5 Å². The Kier molecular flexibility index (Phi) is 5.24. The SMILES string of the molecule is C[C@@]1(O)CN(C(=O)OCc2ccccc2)CC[C@H]1Nc1ccccc1. The minimum atomic E-state index is -1.03. The number of nitrogens with one attached hydrogen (secondary N) is 1. The zero-order chi connectivity index (χ0) is 17.7. The number of hydrogen-bond donors (Lipinski definition) is 2. The van der Waals surface area contributed by atoms with E-state index in [0.717, 1.165) is 11.3 Å². The number of piperidine rings is 1. The summed E-state index contributed by atoms with van der Waals surface area (Å²) in [6.07, 6.45) is 0.268. The molecule has 25 heavy (non-hydrogen) atoms. The topological polar surface area (TPSA) is 61.8 Å². The third kappa shape index (κ3) is 4.51. The fraction of sp³-hybridized carbons (Fsp3) is 0.350. The van der Waals surface area contributed by atoms with Crippen LogP contribution in [-0.2, 0) is 11.3 Å². The van der Waals surface area contributed by atoms with Crippen LogP contribution in [0.5, 0.6) is 0 Å². The summed E-state index contributed by atoms with van der Waals surface area (Å²) < 4.78 is 5.37. The normalized spacial score (nSPS) is 23.1. The fourth-order valence-electron chi connectivity index (χ4n) is 3.10. The van der Waals surface area contributed by atoms with Gasteiger partial charge in [0.25, 0.3) is 0 Å². The number of aliphatic hydroxyl groups is 1. The highest BCUT2D eigenvalue weighted by molar-refractivity contribution is 5.68. The lowest BCUT2D eigenvalue weighted by atomic mass is 9.89. The van der Waals surface area contributed by atoms with Crippen molar-refractivity contribution < 1.29 is 14.6 Å². The fourth-order valence-corrected chi connectivity index (χ4v) is 3.10. The summed E-state index contributed by atoms with van der Waals surface area (Å²) >= 11 is 0. The lowest BCUT2D eigenvalue weighted by molar-refractivity contribution is -0.0259. The smallest absolute Gasteiger partial charge is 0.410 e. The van der Waals surface area contributed by atoms with E-state index in [2.05, 4.69) is 5.32 Å². The first-order valence-electron chi connectivity index (χ1n) is 8.54. The van der Waals surface area contributed by atoms with E-state index in [-0.39, 0.29) is 25.3 Å². The molecular weight excluding hydrogens is 316 g/mol. The number of nitrogens with zero attached hydrogens (tertiary/aromatic N) is 1. The van der Waals surface area contributed by atoms with Gasteiger partial charge in [-0.1, -0.05) is 48.5 Å². The lowest BCUT2D eigenvalue weighted by Gasteiger charge is -2.43. The number of carbonyl (C=O) groups excluding carboxylic acids is 1. The van der Waals surface area contributed by atoms with E-state index >= 15 is 0 Å². The van der Waals surface area contributed by atoms with Crippen LogP contribution < -0.4 is 5.32 Å². The van der Waals surface area contributed by atoms with Crippen LogP contribution in [0.15, 0.2) is 60.7 Å². The van der Waals surface area contributed by atoms with Crippen LogP contribution in [-0.4, -0.2) is 40.8 Å². The number of benzene rings is 2. The molecule has 2 aromatic rings. The molecule has 132 valence electrons. The summed E-state index contributed by atoms with van der Waals surface area (Å²) in [5, 5.41) is 14.1. The lowest BCUT2D eigenvalue weighted by Crippen LogP contribution is -2.59. The van der Waals surface area contributed by atoms with Crippen molar-refractivity contribution in [2.24, 2.45) is 0 Å². The summed E-state index contributed by atoms with van der Waals surface area (Å²) in [5.41, 5.74) is 0.885. The molecule has 2 N–H and O–H groups in total. The van der Waals surface area contributed by atoms with Gasteiger partial charge in [0.05, 0.1) is 18.2 Å². The number of ether oxygens (including phenoxy) is 1. The average Bonchev–Trinajstić information content (AvgIpc) is 2.63. The Hall–Kier alpha value is -2.53. The quantitative estimate of drug-likeness (QED) is 0.897. The van der Waals surface area contributed by atoms with Crippen LogP contribution in [0, 0.1) is 0 Å². The highest BCUT2D eigenvalue weighted by Crippen LogP contribution is 2.25. The van der Waals surface area contributed by atoms with E-state index in [1.807, 2.05) is 60.7 Å². The Labute approximate surface area is 148 Å². The van der Waals surface area contributed by atoms with Crippen molar-refractivity contribution in [2.45, 2.75) is 31.6 Å². The molecule has 0 aliphatic carbocycles. The average molecular weight is 340 g/mol. The van der Waals surface area contributed by atoms with Gasteiger partial charge in [-0.05, 0) is 31.0 Å². The number of anilines is 1. The van der Waals surface area contributed by atoms with Gasteiger partial charge in [0.2, 0.25) is 0 Å². The molecule has 1 heterocycles. The summed E-state index contributed by atoms with van der Waals surface area (Å²) in [7, 11) is 0. The standard InChI is InChI=1S/C20H24N2O3/c1-20(24)15-22(19(23)25-14-16-8-4-2-5-9-16)13-12-18(20)21-17-10-6-3-7-11-17/h2-11,18,21,24H,12-15H2,1H3/t18-,20-/m1/s1. The molecule has 0 aromatic heterocycles. The molecule has 1 fully saturated rings. The van der Waals surface area contributed by atoms with Gasteiger partial charge < -0.3 is 20.1 Å². The van der Waals surface area contributed by atoms with E-state index in [9.17, 15) is 9.90 Å². The predicted octanol–water partition coefficient (Wildman–Crippen LogP) is 3.26. The van der Waals surface area contributed by atoms with E-state index in [0.29, 0.717) is 13.0 Å². The molecule has 5 nitrogen and oxygen atoms in total. The van der Waals surface area contributed by atoms with Crippen molar-refractivity contribution >= 4 is 11.8 Å². The van der Waals surface area contributed by atoms with E-state index in [1.165, 1.54) is 0 Å². The second-order valence-electron chi connectivity index (χ2n) is 6.67. The summed E-state index contributed by atoms with van der Waals surface area (Å²) in [5.74, 6) is 0. The van der Waals surface area contributed by atoms with Crippen LogP contribution in [0.3, 0.4) is 0 Å². The molecule has 0 unspecified atom stereocenters. The number of rotatable bonds is 4. The maximum Gasteiger partial charge on any atom is 0.410 e. The zero-order valence-electron chi connectivity index (χ0n) is 14.4. The van der Waals surface area contributed by atoms with Crippen molar-refractivity contribution in [1.29, 1.82) is 0 Å². The second-order valence-corrected chi connectivity index (χ2v) is 6.67. The predicted molar refractivity (Wildman–Crippen MR) is 97.3 cm³/mol.